The van der Waals surface area contributed by atoms with Crippen LogP contribution in [-0.4, -0.2) is 50.0 Å². The summed E-state index contributed by atoms with van der Waals surface area (Å²) < 4.78 is 11.4. The van der Waals surface area contributed by atoms with Gasteiger partial charge in [-0.25, -0.2) is 0 Å². The van der Waals surface area contributed by atoms with Crippen LogP contribution in [0.2, 0.25) is 0 Å². The highest BCUT2D eigenvalue weighted by molar-refractivity contribution is 5.76. The van der Waals surface area contributed by atoms with Crippen LogP contribution in [0.4, 0.5) is 0 Å². The Balaban J connectivity index is 1.53. The first kappa shape index (κ1) is 13.8. The highest BCUT2D eigenvalue weighted by atomic mass is 16.5. The number of ether oxygens (including phenoxy) is 2. The Labute approximate surface area is 109 Å². The molecular weight excluding hydrogens is 232 g/mol. The zero-order valence-electron chi connectivity index (χ0n) is 11.3. The van der Waals surface area contributed by atoms with Crippen molar-refractivity contribution in [1.82, 2.24) is 10.6 Å². The van der Waals surface area contributed by atoms with Crippen LogP contribution in [0.25, 0.3) is 0 Å². The van der Waals surface area contributed by atoms with Crippen LogP contribution in [0.3, 0.4) is 0 Å². The van der Waals surface area contributed by atoms with E-state index in [-0.39, 0.29) is 17.6 Å². The molecule has 2 fully saturated rings. The van der Waals surface area contributed by atoms with Crippen LogP contribution in [0.1, 0.15) is 33.1 Å². The van der Waals surface area contributed by atoms with Crippen LogP contribution in [0.15, 0.2) is 0 Å². The van der Waals surface area contributed by atoms with E-state index in [1.165, 1.54) is 0 Å². The number of carbonyl (C=O) groups is 1. The molecule has 0 aromatic rings. The zero-order chi connectivity index (χ0) is 13.0. The normalized spacial score (nSPS) is 26.9. The summed E-state index contributed by atoms with van der Waals surface area (Å²) in [4.78, 5) is 11.4. The first-order valence-corrected chi connectivity index (χ1v) is 6.81. The lowest BCUT2D eigenvalue weighted by atomic mass is 10.1. The Hall–Kier alpha value is -0.650. The Morgan fingerprint density at radius 1 is 1.50 bits per heavy atom. The zero-order valence-corrected chi connectivity index (χ0v) is 11.3. The summed E-state index contributed by atoms with van der Waals surface area (Å²) in [5.41, 5.74) is -0.129. The molecule has 5 nitrogen and oxygen atoms in total. The molecule has 0 spiro atoms. The predicted octanol–water partition coefficient (Wildman–Crippen LogP) is 0.439. The number of hydrogen-bond acceptors (Lipinski definition) is 4. The summed E-state index contributed by atoms with van der Waals surface area (Å²) >= 11 is 0. The molecule has 104 valence electrons. The molecule has 2 aliphatic rings. The van der Waals surface area contributed by atoms with Gasteiger partial charge < -0.3 is 20.1 Å². The molecule has 1 aliphatic heterocycles. The fourth-order valence-electron chi connectivity index (χ4n) is 2.07. The molecule has 1 saturated carbocycles. The molecule has 1 aliphatic carbocycles. The highest BCUT2D eigenvalue weighted by Crippen LogP contribution is 2.18. The number of amides is 1. The van der Waals surface area contributed by atoms with Crippen molar-refractivity contribution in [2.24, 2.45) is 0 Å². The van der Waals surface area contributed by atoms with Crippen molar-refractivity contribution in [3.63, 3.8) is 0 Å². The van der Waals surface area contributed by atoms with Crippen LogP contribution < -0.4 is 10.6 Å². The van der Waals surface area contributed by atoms with Gasteiger partial charge in [0.25, 0.3) is 0 Å². The van der Waals surface area contributed by atoms with Crippen molar-refractivity contribution in [2.45, 2.75) is 50.9 Å². The van der Waals surface area contributed by atoms with Gasteiger partial charge in [-0.3, -0.25) is 4.79 Å². The first-order chi connectivity index (χ1) is 8.55. The second-order valence-corrected chi connectivity index (χ2v) is 5.80. The molecule has 2 rings (SSSR count). The average molecular weight is 256 g/mol. The number of rotatable bonds is 6. The van der Waals surface area contributed by atoms with E-state index < -0.39 is 0 Å². The van der Waals surface area contributed by atoms with Gasteiger partial charge in [-0.15, -0.1) is 0 Å². The van der Waals surface area contributed by atoms with E-state index in [1.807, 2.05) is 0 Å². The minimum absolute atomic E-state index is 0.0836. The smallest absolute Gasteiger partial charge is 0.222 e. The molecule has 5 heteroatoms. The maximum Gasteiger partial charge on any atom is 0.222 e. The monoisotopic (exact) mass is 256 g/mol. The lowest BCUT2D eigenvalue weighted by Gasteiger charge is -2.36. The van der Waals surface area contributed by atoms with Crippen molar-refractivity contribution >= 4 is 5.91 Å². The fourth-order valence-corrected chi connectivity index (χ4v) is 2.07. The fraction of sp³-hybridized carbons (Fsp3) is 0.923. The maximum absolute atomic E-state index is 11.4. The van der Waals surface area contributed by atoms with Crippen LogP contribution in [0.5, 0.6) is 0 Å². The largest absolute Gasteiger partial charge is 0.378 e. The summed E-state index contributed by atoms with van der Waals surface area (Å²) in [5, 5.41) is 6.27. The standard InChI is InChI=1S/C13H24N2O3/c1-13(2)9-14-7-11(18-13)8-17-6-5-12(16)15-10-3-4-10/h10-11,14H,3-9H2,1-2H3,(H,15,16). The van der Waals surface area contributed by atoms with Crippen molar-refractivity contribution in [3.8, 4) is 0 Å². The first-order valence-electron chi connectivity index (χ1n) is 6.81. The van der Waals surface area contributed by atoms with Gasteiger partial charge in [-0.05, 0) is 26.7 Å². The average Bonchev–Trinajstić information content (AvgIpc) is 3.07. The number of morpholine rings is 1. The Bertz CT molecular complexity index is 290. The summed E-state index contributed by atoms with van der Waals surface area (Å²) in [5.74, 6) is 0.0977. The summed E-state index contributed by atoms with van der Waals surface area (Å²) in [6.07, 6.45) is 2.78. The molecule has 1 unspecified atom stereocenters. The molecule has 1 amide bonds. The molecule has 1 heterocycles. The van der Waals surface area contributed by atoms with Gasteiger partial charge in [0.15, 0.2) is 0 Å². The minimum Gasteiger partial charge on any atom is -0.378 e. The van der Waals surface area contributed by atoms with Crippen LogP contribution in [-0.2, 0) is 14.3 Å². The van der Waals surface area contributed by atoms with Crippen molar-refractivity contribution in [3.05, 3.63) is 0 Å². The van der Waals surface area contributed by atoms with E-state index in [4.69, 9.17) is 9.47 Å². The van der Waals surface area contributed by atoms with Crippen molar-refractivity contribution in [2.75, 3.05) is 26.3 Å². The van der Waals surface area contributed by atoms with E-state index in [1.54, 1.807) is 0 Å². The summed E-state index contributed by atoms with van der Waals surface area (Å²) in [7, 11) is 0. The third-order valence-corrected chi connectivity index (χ3v) is 3.13. The maximum atomic E-state index is 11.4. The number of hydrogen-bond donors (Lipinski definition) is 2. The lowest BCUT2D eigenvalue weighted by molar-refractivity contribution is -0.128. The molecule has 1 saturated heterocycles. The second kappa shape index (κ2) is 5.99. The van der Waals surface area contributed by atoms with E-state index >= 15 is 0 Å². The summed E-state index contributed by atoms with van der Waals surface area (Å²) in [6, 6.07) is 0.434. The van der Waals surface area contributed by atoms with E-state index in [0.717, 1.165) is 25.9 Å². The third-order valence-electron chi connectivity index (χ3n) is 3.13. The van der Waals surface area contributed by atoms with Crippen molar-refractivity contribution < 1.29 is 14.3 Å². The van der Waals surface area contributed by atoms with Crippen molar-refractivity contribution in [1.29, 1.82) is 0 Å². The Kier molecular flexibility index (Phi) is 4.59. The lowest BCUT2D eigenvalue weighted by Crippen LogP contribution is -2.51. The summed E-state index contributed by atoms with van der Waals surface area (Å²) in [6.45, 7) is 6.83. The van der Waals surface area contributed by atoms with Crippen LogP contribution in [0, 0.1) is 0 Å². The molecule has 0 aromatic heterocycles. The van der Waals surface area contributed by atoms with E-state index in [9.17, 15) is 4.79 Å². The van der Waals surface area contributed by atoms with Gasteiger partial charge in [-0.1, -0.05) is 0 Å². The van der Waals surface area contributed by atoms with Gasteiger partial charge in [-0.2, -0.15) is 0 Å². The molecular formula is C13H24N2O3. The topological polar surface area (TPSA) is 59.6 Å². The number of nitrogens with one attached hydrogen (secondary N) is 2. The van der Waals surface area contributed by atoms with Gasteiger partial charge in [0, 0.05) is 25.6 Å². The van der Waals surface area contributed by atoms with Gasteiger partial charge in [0.2, 0.25) is 5.91 Å². The van der Waals surface area contributed by atoms with Gasteiger partial charge in [0.05, 0.1) is 24.9 Å². The quantitative estimate of drug-likeness (QED) is 0.677. The van der Waals surface area contributed by atoms with E-state index in [2.05, 4.69) is 24.5 Å². The number of carbonyl (C=O) groups excluding carboxylic acids is 1. The SMILES string of the molecule is CC1(C)CNCC(COCCC(=O)NC2CC2)O1. The Morgan fingerprint density at radius 3 is 2.94 bits per heavy atom. The molecule has 18 heavy (non-hydrogen) atoms. The molecule has 2 N–H and O–H groups in total. The highest BCUT2D eigenvalue weighted by Gasteiger charge is 2.28. The second-order valence-electron chi connectivity index (χ2n) is 5.80. The molecule has 0 bridgehead atoms. The van der Waals surface area contributed by atoms with Gasteiger partial charge in [0.1, 0.15) is 0 Å². The predicted molar refractivity (Wildman–Crippen MR) is 68.4 cm³/mol. The third kappa shape index (κ3) is 4.92. The molecule has 0 aromatic carbocycles. The van der Waals surface area contributed by atoms with Gasteiger partial charge >= 0.3 is 0 Å². The van der Waals surface area contributed by atoms with E-state index in [0.29, 0.717) is 25.7 Å². The van der Waals surface area contributed by atoms with Crippen LogP contribution >= 0.6 is 0 Å². The molecule has 1 atom stereocenters. The Morgan fingerprint density at radius 2 is 2.28 bits per heavy atom. The molecule has 0 radical (unpaired) electrons. The minimum atomic E-state index is -0.129.